The zero-order valence-electron chi connectivity index (χ0n) is 8.28. The first-order valence-electron chi connectivity index (χ1n) is 4.63. The Labute approximate surface area is 86.3 Å². The normalized spacial score (nSPS) is 10.5. The monoisotopic (exact) mass is 205 g/mol. The summed E-state index contributed by atoms with van der Waals surface area (Å²) >= 11 is 0. The number of carbonyl (C=O) groups is 1. The van der Waals surface area contributed by atoms with Crippen LogP contribution in [0, 0.1) is 0 Å². The van der Waals surface area contributed by atoms with E-state index in [-0.39, 0.29) is 5.97 Å². The molecule has 0 unspecified atom stereocenters. The fourth-order valence-corrected chi connectivity index (χ4v) is 1.37. The second-order valence-corrected chi connectivity index (χ2v) is 3.07. The van der Waals surface area contributed by atoms with Crippen molar-refractivity contribution in [2.24, 2.45) is 0 Å². The smallest absolute Gasteiger partial charge is 0.338 e. The molecule has 1 aromatic heterocycles. The number of hydrogen-bond donors (Lipinski definition) is 2. The molecule has 0 aliphatic carbocycles. The van der Waals surface area contributed by atoms with Gasteiger partial charge in [-0.1, -0.05) is 0 Å². The van der Waals surface area contributed by atoms with Crippen LogP contribution in [0.1, 0.15) is 17.3 Å². The van der Waals surface area contributed by atoms with Crippen molar-refractivity contribution in [3.05, 3.63) is 23.8 Å². The predicted molar refractivity (Wildman–Crippen MR) is 56.5 cm³/mol. The zero-order chi connectivity index (χ0) is 10.8. The van der Waals surface area contributed by atoms with Gasteiger partial charge in [-0.15, -0.1) is 0 Å². The number of H-pyrrole nitrogens is 1. The van der Waals surface area contributed by atoms with Crippen LogP contribution in [0.25, 0.3) is 11.0 Å². The highest BCUT2D eigenvalue weighted by Gasteiger charge is 2.08. The molecule has 0 aliphatic rings. The van der Waals surface area contributed by atoms with E-state index in [2.05, 4.69) is 9.97 Å². The molecule has 2 aromatic rings. The number of aromatic nitrogens is 2. The molecule has 0 atom stereocenters. The number of benzene rings is 1. The summed E-state index contributed by atoms with van der Waals surface area (Å²) in [5, 5.41) is 0. The van der Waals surface area contributed by atoms with Crippen LogP contribution in [0.2, 0.25) is 0 Å². The Kier molecular flexibility index (Phi) is 2.29. The largest absolute Gasteiger partial charge is 0.462 e. The molecule has 3 N–H and O–H groups in total. The molecular formula is C10H11N3O2. The summed E-state index contributed by atoms with van der Waals surface area (Å²) in [4.78, 5) is 18.3. The minimum Gasteiger partial charge on any atom is -0.462 e. The number of imidazole rings is 1. The van der Waals surface area contributed by atoms with Gasteiger partial charge in [-0.25, -0.2) is 9.78 Å². The van der Waals surface area contributed by atoms with Gasteiger partial charge < -0.3 is 15.5 Å². The van der Waals surface area contributed by atoms with Crippen LogP contribution in [-0.4, -0.2) is 22.5 Å². The summed E-state index contributed by atoms with van der Waals surface area (Å²) in [6.07, 6.45) is 0. The summed E-state index contributed by atoms with van der Waals surface area (Å²) in [5.74, 6) is -0.00131. The minimum atomic E-state index is -0.340. The van der Waals surface area contributed by atoms with Gasteiger partial charge in [0.2, 0.25) is 0 Å². The second-order valence-electron chi connectivity index (χ2n) is 3.07. The Bertz CT molecular complexity index is 504. The topological polar surface area (TPSA) is 81.0 Å². The van der Waals surface area contributed by atoms with Gasteiger partial charge in [0.05, 0.1) is 23.2 Å². The predicted octanol–water partition coefficient (Wildman–Crippen LogP) is 1.32. The molecule has 0 aliphatic heterocycles. The van der Waals surface area contributed by atoms with Gasteiger partial charge in [0.15, 0.2) is 5.95 Å². The highest BCUT2D eigenvalue weighted by Crippen LogP contribution is 2.15. The molecule has 0 radical (unpaired) electrons. The maximum absolute atomic E-state index is 11.4. The first kappa shape index (κ1) is 9.51. The molecule has 15 heavy (non-hydrogen) atoms. The third-order valence-electron chi connectivity index (χ3n) is 2.01. The van der Waals surface area contributed by atoms with E-state index in [1.807, 2.05) is 0 Å². The van der Waals surface area contributed by atoms with Crippen molar-refractivity contribution < 1.29 is 9.53 Å². The number of rotatable bonds is 2. The van der Waals surface area contributed by atoms with Gasteiger partial charge in [0.25, 0.3) is 0 Å². The number of ether oxygens (including phenoxy) is 1. The molecule has 5 heteroatoms. The fraction of sp³-hybridized carbons (Fsp3) is 0.200. The lowest BCUT2D eigenvalue weighted by Crippen LogP contribution is -2.04. The number of nitrogen functional groups attached to an aromatic ring is 1. The molecule has 1 aromatic carbocycles. The van der Waals surface area contributed by atoms with E-state index >= 15 is 0 Å². The Morgan fingerprint density at radius 2 is 2.40 bits per heavy atom. The van der Waals surface area contributed by atoms with Crippen LogP contribution >= 0.6 is 0 Å². The highest BCUT2D eigenvalue weighted by atomic mass is 16.5. The molecule has 78 valence electrons. The van der Waals surface area contributed by atoms with Crippen molar-refractivity contribution in [2.45, 2.75) is 6.92 Å². The van der Waals surface area contributed by atoms with Crippen LogP contribution < -0.4 is 5.73 Å². The number of nitrogens with two attached hydrogens (primary N) is 1. The SMILES string of the molecule is CCOC(=O)c1ccc2nc(N)[nH]c2c1. The molecule has 0 spiro atoms. The van der Waals surface area contributed by atoms with Crippen LogP contribution in [0.3, 0.4) is 0 Å². The average Bonchev–Trinajstić information content (AvgIpc) is 2.57. The Morgan fingerprint density at radius 1 is 1.60 bits per heavy atom. The summed E-state index contributed by atoms with van der Waals surface area (Å²) in [6, 6.07) is 5.08. The van der Waals surface area contributed by atoms with Gasteiger partial charge in [-0.3, -0.25) is 0 Å². The number of nitrogens with one attached hydrogen (secondary N) is 1. The summed E-state index contributed by atoms with van der Waals surface area (Å²) < 4.78 is 4.88. The second kappa shape index (κ2) is 3.61. The lowest BCUT2D eigenvalue weighted by molar-refractivity contribution is 0.0526. The molecular weight excluding hydrogens is 194 g/mol. The lowest BCUT2D eigenvalue weighted by atomic mass is 10.2. The third-order valence-corrected chi connectivity index (χ3v) is 2.01. The van der Waals surface area contributed by atoms with Crippen molar-refractivity contribution in [1.29, 1.82) is 0 Å². The number of hydrogen-bond acceptors (Lipinski definition) is 4. The summed E-state index contributed by atoms with van der Waals surface area (Å²) in [5.41, 5.74) is 7.46. The van der Waals surface area contributed by atoms with E-state index in [0.717, 1.165) is 11.0 Å². The van der Waals surface area contributed by atoms with E-state index in [0.29, 0.717) is 18.1 Å². The standard InChI is InChI=1S/C10H11N3O2/c1-2-15-9(14)6-3-4-7-8(5-6)13-10(11)12-7/h3-5H,2H2,1H3,(H3,11,12,13). The van der Waals surface area contributed by atoms with Crippen LogP contribution in [0.5, 0.6) is 0 Å². The summed E-state index contributed by atoms with van der Waals surface area (Å²) in [7, 11) is 0. The van der Waals surface area contributed by atoms with Crippen LogP contribution in [-0.2, 0) is 4.74 Å². The quantitative estimate of drug-likeness (QED) is 0.724. The van der Waals surface area contributed by atoms with E-state index in [4.69, 9.17) is 10.5 Å². The molecule has 1 heterocycles. The van der Waals surface area contributed by atoms with E-state index in [9.17, 15) is 4.79 Å². The Balaban J connectivity index is 2.41. The number of nitrogens with zero attached hydrogens (tertiary/aromatic N) is 1. The number of fused-ring (bicyclic) bond motifs is 1. The van der Waals surface area contributed by atoms with E-state index in [1.54, 1.807) is 25.1 Å². The van der Waals surface area contributed by atoms with Gasteiger partial charge in [0, 0.05) is 0 Å². The number of aromatic amines is 1. The van der Waals surface area contributed by atoms with Gasteiger partial charge >= 0.3 is 5.97 Å². The highest BCUT2D eigenvalue weighted by molar-refractivity contribution is 5.93. The maximum atomic E-state index is 11.4. The van der Waals surface area contributed by atoms with E-state index in [1.165, 1.54) is 0 Å². The maximum Gasteiger partial charge on any atom is 0.338 e. The average molecular weight is 205 g/mol. The lowest BCUT2D eigenvalue weighted by Gasteiger charge is -2.00. The molecule has 0 bridgehead atoms. The first-order valence-corrected chi connectivity index (χ1v) is 4.63. The van der Waals surface area contributed by atoms with Crippen molar-refractivity contribution in [1.82, 2.24) is 9.97 Å². The minimum absolute atomic E-state index is 0.339. The number of carbonyl (C=O) groups excluding carboxylic acids is 1. The molecule has 0 fully saturated rings. The zero-order valence-corrected chi connectivity index (χ0v) is 8.28. The van der Waals surface area contributed by atoms with Gasteiger partial charge in [-0.2, -0.15) is 0 Å². The fourth-order valence-electron chi connectivity index (χ4n) is 1.37. The molecule has 2 rings (SSSR count). The van der Waals surface area contributed by atoms with Crippen molar-refractivity contribution in [2.75, 3.05) is 12.3 Å². The van der Waals surface area contributed by atoms with Crippen molar-refractivity contribution in [3.8, 4) is 0 Å². The Morgan fingerprint density at radius 3 is 3.13 bits per heavy atom. The third kappa shape index (κ3) is 1.76. The number of esters is 1. The Hall–Kier alpha value is -2.04. The van der Waals surface area contributed by atoms with Gasteiger partial charge in [0.1, 0.15) is 0 Å². The molecule has 5 nitrogen and oxygen atoms in total. The first-order chi connectivity index (χ1) is 7.20. The van der Waals surface area contributed by atoms with Gasteiger partial charge in [-0.05, 0) is 25.1 Å². The van der Waals surface area contributed by atoms with Crippen molar-refractivity contribution in [3.63, 3.8) is 0 Å². The molecule has 0 saturated carbocycles. The van der Waals surface area contributed by atoms with Crippen molar-refractivity contribution >= 4 is 23.0 Å². The van der Waals surface area contributed by atoms with Crippen LogP contribution in [0.15, 0.2) is 18.2 Å². The summed E-state index contributed by atoms with van der Waals surface area (Å²) in [6.45, 7) is 2.13. The van der Waals surface area contributed by atoms with Crippen LogP contribution in [0.4, 0.5) is 5.95 Å². The van der Waals surface area contributed by atoms with E-state index < -0.39 is 0 Å². The molecule has 0 amide bonds. The molecule has 0 saturated heterocycles. The number of anilines is 1.